The van der Waals surface area contributed by atoms with Gasteiger partial charge in [-0.15, -0.1) is 11.3 Å². The Morgan fingerprint density at radius 2 is 1.88 bits per heavy atom. The second-order valence-corrected chi connectivity index (χ2v) is 6.56. The van der Waals surface area contributed by atoms with E-state index in [4.69, 9.17) is 5.26 Å². The fourth-order valence-electron chi connectivity index (χ4n) is 2.46. The van der Waals surface area contributed by atoms with E-state index in [-0.39, 0.29) is 6.03 Å². The summed E-state index contributed by atoms with van der Waals surface area (Å²) in [4.78, 5) is 16.4. The first kappa shape index (κ1) is 17.6. The van der Waals surface area contributed by atoms with E-state index in [2.05, 4.69) is 33.8 Å². The maximum Gasteiger partial charge on any atom is 0.321 e. The molecular weight excluding hydrogens is 344 g/mol. The van der Waals surface area contributed by atoms with E-state index in [9.17, 15) is 4.79 Å². The number of nitrogens with zero attached hydrogens (tertiary/aromatic N) is 2. The molecule has 0 radical (unpaired) electrons. The van der Waals surface area contributed by atoms with Crippen LogP contribution in [0.3, 0.4) is 0 Å². The average Bonchev–Trinajstić information content (AvgIpc) is 3.14. The van der Waals surface area contributed by atoms with Gasteiger partial charge in [0, 0.05) is 17.5 Å². The Labute approximate surface area is 156 Å². The molecule has 130 valence electrons. The lowest BCUT2D eigenvalue weighted by Crippen LogP contribution is -2.29. The monoisotopic (exact) mass is 362 g/mol. The molecule has 0 atom stereocenters. The molecule has 5 nitrogen and oxygen atoms in total. The second-order valence-electron chi connectivity index (χ2n) is 5.70. The Hall–Kier alpha value is -3.17. The Bertz CT molecular complexity index is 898. The molecule has 2 aromatic carbocycles. The number of benzene rings is 2. The molecule has 2 amide bonds. The first-order chi connectivity index (χ1) is 12.7. The number of hydrogen-bond acceptors (Lipinski definition) is 4. The normalized spacial score (nSPS) is 10.1. The number of aromatic nitrogens is 1. The van der Waals surface area contributed by atoms with Gasteiger partial charge >= 0.3 is 6.03 Å². The highest BCUT2D eigenvalue weighted by atomic mass is 32.1. The minimum absolute atomic E-state index is 0.251. The molecule has 1 aromatic heterocycles. The maximum absolute atomic E-state index is 12.0. The van der Waals surface area contributed by atoms with E-state index in [0.29, 0.717) is 17.2 Å². The van der Waals surface area contributed by atoms with Crippen LogP contribution in [0.2, 0.25) is 0 Å². The van der Waals surface area contributed by atoms with Gasteiger partial charge in [-0.05, 0) is 30.5 Å². The highest BCUT2D eigenvalue weighted by Crippen LogP contribution is 2.25. The van der Waals surface area contributed by atoms with Crippen molar-refractivity contribution in [3.05, 3.63) is 71.1 Å². The third-order valence-electron chi connectivity index (χ3n) is 3.81. The molecule has 2 N–H and O–H groups in total. The van der Waals surface area contributed by atoms with Crippen LogP contribution in [0.4, 0.5) is 9.93 Å². The first-order valence-electron chi connectivity index (χ1n) is 8.29. The van der Waals surface area contributed by atoms with Crippen molar-refractivity contribution in [2.75, 3.05) is 11.9 Å². The minimum Gasteiger partial charge on any atom is -0.338 e. The first-order valence-corrected chi connectivity index (χ1v) is 9.17. The third-order valence-corrected chi connectivity index (χ3v) is 4.56. The van der Waals surface area contributed by atoms with E-state index < -0.39 is 0 Å². The fraction of sp³-hybridized carbons (Fsp3) is 0.150. The molecule has 0 saturated carbocycles. The summed E-state index contributed by atoms with van der Waals surface area (Å²) >= 11 is 1.37. The highest BCUT2D eigenvalue weighted by molar-refractivity contribution is 7.14. The molecule has 0 fully saturated rings. The molecule has 0 aliphatic rings. The summed E-state index contributed by atoms with van der Waals surface area (Å²) in [6, 6.07) is 19.2. The van der Waals surface area contributed by atoms with Crippen LogP contribution in [0.25, 0.3) is 11.3 Å². The lowest BCUT2D eigenvalue weighted by molar-refractivity contribution is 0.252. The quantitative estimate of drug-likeness (QED) is 0.637. The number of anilines is 1. The van der Waals surface area contributed by atoms with Crippen LogP contribution in [0, 0.1) is 11.3 Å². The topological polar surface area (TPSA) is 77.8 Å². The van der Waals surface area contributed by atoms with Gasteiger partial charge in [-0.3, -0.25) is 5.32 Å². The van der Waals surface area contributed by atoms with Crippen LogP contribution in [-0.2, 0) is 6.42 Å². The van der Waals surface area contributed by atoms with Crippen LogP contribution in [0.15, 0.2) is 60.0 Å². The van der Waals surface area contributed by atoms with E-state index in [0.717, 1.165) is 24.1 Å². The summed E-state index contributed by atoms with van der Waals surface area (Å²) in [6.07, 6.45) is 1.81. The number of urea groups is 1. The summed E-state index contributed by atoms with van der Waals surface area (Å²) in [5.41, 5.74) is 3.56. The van der Waals surface area contributed by atoms with Gasteiger partial charge in [0.25, 0.3) is 0 Å². The summed E-state index contributed by atoms with van der Waals surface area (Å²) in [6.45, 7) is 0.606. The van der Waals surface area contributed by atoms with Gasteiger partial charge in [-0.2, -0.15) is 5.26 Å². The molecule has 6 heteroatoms. The van der Waals surface area contributed by atoms with Crippen molar-refractivity contribution in [2.45, 2.75) is 12.8 Å². The minimum atomic E-state index is -0.251. The van der Waals surface area contributed by atoms with Crippen LogP contribution >= 0.6 is 11.3 Å². The fourth-order valence-corrected chi connectivity index (χ4v) is 3.17. The van der Waals surface area contributed by atoms with Gasteiger partial charge in [0.1, 0.15) is 0 Å². The van der Waals surface area contributed by atoms with Crippen LogP contribution < -0.4 is 10.6 Å². The number of amides is 2. The summed E-state index contributed by atoms with van der Waals surface area (Å²) in [7, 11) is 0. The van der Waals surface area contributed by atoms with Crippen molar-refractivity contribution >= 4 is 22.5 Å². The lowest BCUT2D eigenvalue weighted by atomic mass is 10.1. The van der Waals surface area contributed by atoms with Crippen molar-refractivity contribution in [1.29, 1.82) is 5.26 Å². The van der Waals surface area contributed by atoms with Gasteiger partial charge < -0.3 is 5.32 Å². The molecule has 1 heterocycles. The maximum atomic E-state index is 12.0. The Morgan fingerprint density at radius 3 is 2.62 bits per heavy atom. The van der Waals surface area contributed by atoms with Gasteiger partial charge in [-0.25, -0.2) is 9.78 Å². The average molecular weight is 362 g/mol. The van der Waals surface area contributed by atoms with Crippen LogP contribution in [0.5, 0.6) is 0 Å². The van der Waals surface area contributed by atoms with E-state index >= 15 is 0 Å². The molecule has 3 rings (SSSR count). The van der Waals surface area contributed by atoms with Gasteiger partial charge in [0.15, 0.2) is 5.13 Å². The van der Waals surface area contributed by atoms with Crippen molar-refractivity contribution in [2.24, 2.45) is 0 Å². The molecule has 0 saturated heterocycles. The summed E-state index contributed by atoms with van der Waals surface area (Å²) in [5, 5.41) is 16.9. The zero-order valence-corrected chi connectivity index (χ0v) is 14.9. The molecule has 0 bridgehead atoms. The van der Waals surface area contributed by atoms with Crippen molar-refractivity contribution in [3.8, 4) is 17.3 Å². The third kappa shape index (κ3) is 4.91. The van der Waals surface area contributed by atoms with Gasteiger partial charge in [-0.1, -0.05) is 42.5 Å². The number of hydrogen-bond donors (Lipinski definition) is 2. The zero-order valence-electron chi connectivity index (χ0n) is 14.1. The van der Waals surface area contributed by atoms with E-state index in [1.54, 1.807) is 12.1 Å². The summed E-state index contributed by atoms with van der Waals surface area (Å²) < 4.78 is 0. The van der Waals surface area contributed by atoms with Crippen molar-refractivity contribution in [1.82, 2.24) is 10.3 Å². The highest BCUT2D eigenvalue weighted by Gasteiger charge is 2.07. The van der Waals surface area contributed by atoms with Crippen molar-refractivity contribution in [3.63, 3.8) is 0 Å². The Balaban J connectivity index is 1.46. The van der Waals surface area contributed by atoms with E-state index in [1.807, 2.05) is 35.7 Å². The number of nitrogens with one attached hydrogen (secondary N) is 2. The molecule has 26 heavy (non-hydrogen) atoms. The number of aryl methyl sites for hydroxylation is 1. The lowest BCUT2D eigenvalue weighted by Gasteiger charge is -2.05. The number of nitriles is 1. The largest absolute Gasteiger partial charge is 0.338 e. The molecule has 0 unspecified atom stereocenters. The predicted octanol–water partition coefficient (Wildman–Crippen LogP) is 4.44. The smallest absolute Gasteiger partial charge is 0.321 e. The zero-order chi connectivity index (χ0) is 18.2. The van der Waals surface area contributed by atoms with Gasteiger partial charge in [0.2, 0.25) is 0 Å². The SMILES string of the molecule is N#Cc1ccc(-c2csc(NC(=O)NCCCc3ccccc3)n2)cc1. The number of thiazole rings is 1. The van der Waals surface area contributed by atoms with Crippen molar-refractivity contribution < 1.29 is 4.79 Å². The number of carbonyl (C=O) groups excluding carboxylic acids is 1. The van der Waals surface area contributed by atoms with Crippen LogP contribution in [-0.4, -0.2) is 17.6 Å². The van der Waals surface area contributed by atoms with E-state index in [1.165, 1.54) is 16.9 Å². The molecule has 0 spiro atoms. The number of carbonyl (C=O) groups is 1. The molecule has 0 aliphatic heterocycles. The summed E-state index contributed by atoms with van der Waals surface area (Å²) in [5.74, 6) is 0. The molecule has 0 aliphatic carbocycles. The second kappa shape index (κ2) is 8.79. The number of rotatable bonds is 6. The molecule has 3 aromatic rings. The van der Waals surface area contributed by atoms with Crippen LogP contribution in [0.1, 0.15) is 17.5 Å². The Kier molecular flexibility index (Phi) is 5.96. The molecular formula is C20H18N4OS. The Morgan fingerprint density at radius 1 is 1.12 bits per heavy atom. The standard InChI is InChI=1S/C20H18N4OS/c21-13-16-8-10-17(11-9-16)18-14-26-20(23-18)24-19(25)22-12-4-7-15-5-2-1-3-6-15/h1-3,5-6,8-11,14H,4,7,12H2,(H2,22,23,24,25). The predicted molar refractivity (Wildman–Crippen MR) is 104 cm³/mol. The van der Waals surface area contributed by atoms with Gasteiger partial charge in [0.05, 0.1) is 17.3 Å².